The molecule has 2 heterocycles. The molecule has 32 heavy (non-hydrogen) atoms. The summed E-state index contributed by atoms with van der Waals surface area (Å²) in [5.41, 5.74) is 6.05. The Morgan fingerprint density at radius 2 is 1.94 bits per heavy atom. The van der Waals surface area contributed by atoms with E-state index in [2.05, 4.69) is 20.6 Å². The molecule has 10 heteroatoms. The molecule has 164 valence electrons. The fourth-order valence-corrected chi connectivity index (χ4v) is 3.44. The molecule has 3 N–H and O–H groups in total. The Bertz CT molecular complexity index is 1290. The summed E-state index contributed by atoms with van der Waals surface area (Å²) in [6.07, 6.45) is 2.87. The Labute approximate surface area is 187 Å². The lowest BCUT2D eigenvalue weighted by molar-refractivity contribution is 0.103. The van der Waals surface area contributed by atoms with Crippen LogP contribution in [0.1, 0.15) is 35.2 Å². The van der Waals surface area contributed by atoms with Gasteiger partial charge in [-0.1, -0.05) is 6.07 Å². The molecule has 0 unspecified atom stereocenters. The number of tetrazole rings is 1. The van der Waals surface area contributed by atoms with Crippen LogP contribution in [0.5, 0.6) is 5.75 Å². The van der Waals surface area contributed by atoms with Crippen LogP contribution in [0.4, 0.5) is 5.69 Å². The van der Waals surface area contributed by atoms with E-state index in [1.54, 1.807) is 42.5 Å². The third kappa shape index (κ3) is 4.33. The summed E-state index contributed by atoms with van der Waals surface area (Å²) >= 11 is 5.67. The molecule has 9 nitrogen and oxygen atoms in total. The average molecular weight is 454 g/mol. The summed E-state index contributed by atoms with van der Waals surface area (Å²) < 4.78 is 11.5. The van der Waals surface area contributed by atoms with E-state index >= 15 is 0 Å². The Hall–Kier alpha value is -3.72. The minimum Gasteiger partial charge on any atom is -0.494 e. The lowest BCUT2D eigenvalue weighted by atomic mass is 10.0. The molecule has 0 aliphatic rings. The second-order valence-electron chi connectivity index (χ2n) is 7.04. The van der Waals surface area contributed by atoms with E-state index in [9.17, 15) is 9.59 Å². The molecule has 0 amide bonds. The first-order valence-corrected chi connectivity index (χ1v) is 10.6. The van der Waals surface area contributed by atoms with Gasteiger partial charge in [0.25, 0.3) is 0 Å². The third-order valence-electron chi connectivity index (χ3n) is 4.91. The van der Waals surface area contributed by atoms with Gasteiger partial charge in [0.15, 0.2) is 5.78 Å². The van der Waals surface area contributed by atoms with Crippen molar-refractivity contribution in [1.82, 2.24) is 20.6 Å². The molecule has 0 aliphatic carbocycles. The van der Waals surface area contributed by atoms with Gasteiger partial charge in [0.2, 0.25) is 17.0 Å². The fraction of sp³-hybridized carbons (Fsp3) is 0.227. The van der Waals surface area contributed by atoms with Crippen LogP contribution in [-0.2, 0) is 0 Å². The summed E-state index contributed by atoms with van der Waals surface area (Å²) in [7, 11) is 0. The number of aromatic nitrogens is 4. The summed E-state index contributed by atoms with van der Waals surface area (Å²) in [6.45, 7) is 0.582. The topological polar surface area (TPSA) is 137 Å². The van der Waals surface area contributed by atoms with E-state index in [1.165, 1.54) is 0 Å². The number of rotatable bonds is 9. The van der Waals surface area contributed by atoms with Gasteiger partial charge in [0.1, 0.15) is 17.0 Å². The lowest BCUT2D eigenvalue weighted by Gasteiger charge is -2.09. The van der Waals surface area contributed by atoms with Gasteiger partial charge < -0.3 is 14.9 Å². The van der Waals surface area contributed by atoms with Gasteiger partial charge in [-0.15, -0.1) is 21.8 Å². The van der Waals surface area contributed by atoms with E-state index < -0.39 is 5.43 Å². The molecule has 2 aromatic heterocycles. The molecular formula is C22H20ClN5O4. The molecule has 0 atom stereocenters. The first-order chi connectivity index (χ1) is 15.6. The monoisotopic (exact) mass is 453 g/mol. The predicted molar refractivity (Wildman–Crippen MR) is 120 cm³/mol. The largest absolute Gasteiger partial charge is 0.494 e. The number of anilines is 1. The average Bonchev–Trinajstić information content (AvgIpc) is 3.35. The Morgan fingerprint density at radius 3 is 2.66 bits per heavy atom. The minimum atomic E-state index is -0.474. The number of hydrogen-bond acceptors (Lipinski definition) is 8. The maximum Gasteiger partial charge on any atom is 0.242 e. The zero-order chi connectivity index (χ0) is 22.5. The van der Waals surface area contributed by atoms with E-state index in [-0.39, 0.29) is 39.6 Å². The van der Waals surface area contributed by atoms with Gasteiger partial charge in [-0.25, -0.2) is 0 Å². The first-order valence-electron chi connectivity index (χ1n) is 10.0. The van der Waals surface area contributed by atoms with Crippen LogP contribution >= 0.6 is 11.6 Å². The number of fused-ring (bicyclic) bond motifs is 1. The number of nitrogens with two attached hydrogens (primary N) is 1. The third-order valence-corrected chi connectivity index (χ3v) is 5.18. The van der Waals surface area contributed by atoms with Crippen LogP contribution in [-0.4, -0.2) is 38.9 Å². The lowest BCUT2D eigenvalue weighted by Crippen LogP contribution is -2.12. The van der Waals surface area contributed by atoms with Crippen molar-refractivity contribution >= 4 is 34.0 Å². The van der Waals surface area contributed by atoms with Crippen LogP contribution in [0.2, 0.25) is 0 Å². The number of aromatic amines is 1. The van der Waals surface area contributed by atoms with E-state index in [1.807, 2.05) is 0 Å². The molecule has 0 fully saturated rings. The molecule has 4 rings (SSSR count). The van der Waals surface area contributed by atoms with Gasteiger partial charge in [0.05, 0.1) is 17.6 Å². The van der Waals surface area contributed by atoms with Crippen molar-refractivity contribution in [2.75, 3.05) is 18.2 Å². The van der Waals surface area contributed by atoms with Gasteiger partial charge in [0, 0.05) is 11.4 Å². The summed E-state index contributed by atoms with van der Waals surface area (Å²) in [5.74, 6) is 0.986. The van der Waals surface area contributed by atoms with Crippen molar-refractivity contribution < 1.29 is 13.9 Å². The zero-order valence-corrected chi connectivity index (χ0v) is 17.8. The van der Waals surface area contributed by atoms with Crippen molar-refractivity contribution in [3.8, 4) is 17.3 Å². The highest BCUT2D eigenvalue weighted by Crippen LogP contribution is 2.28. The smallest absolute Gasteiger partial charge is 0.242 e. The van der Waals surface area contributed by atoms with Gasteiger partial charge in [-0.2, -0.15) is 5.21 Å². The highest BCUT2D eigenvalue weighted by molar-refractivity contribution is 6.17. The van der Waals surface area contributed by atoms with Crippen LogP contribution < -0.4 is 15.9 Å². The number of nitrogens with one attached hydrogen (secondary N) is 1. The van der Waals surface area contributed by atoms with Gasteiger partial charge in [-0.05, 0) is 60.9 Å². The van der Waals surface area contributed by atoms with Crippen LogP contribution in [0, 0.1) is 0 Å². The molecule has 0 saturated carbocycles. The normalized spacial score (nSPS) is 11.0. The maximum absolute atomic E-state index is 13.2. The standard InChI is InChI=1S/C22H20ClN5O4/c23-11-2-1-3-12-31-14-9-7-13(8-10-14)18(29)15-5-4-6-16-19(30)17(24)21(32-20(15)16)22-25-27-28-26-22/h4-10H,1-3,11-12,24H2,(H,25,26,27,28). The summed E-state index contributed by atoms with van der Waals surface area (Å²) in [4.78, 5) is 26.0. The predicted octanol–water partition coefficient (Wildman–Crippen LogP) is 3.57. The second-order valence-corrected chi connectivity index (χ2v) is 7.42. The quantitative estimate of drug-likeness (QED) is 0.223. The van der Waals surface area contributed by atoms with E-state index in [0.717, 1.165) is 19.3 Å². The number of halogens is 1. The molecule has 0 aliphatic heterocycles. The number of ether oxygens (including phenoxy) is 1. The van der Waals surface area contributed by atoms with Crippen LogP contribution in [0.3, 0.4) is 0 Å². The Morgan fingerprint density at radius 1 is 1.12 bits per heavy atom. The first kappa shape index (κ1) is 21.5. The van der Waals surface area contributed by atoms with Crippen molar-refractivity contribution in [1.29, 1.82) is 0 Å². The number of ketones is 1. The summed E-state index contributed by atoms with van der Waals surface area (Å²) in [6, 6.07) is 11.6. The van der Waals surface area contributed by atoms with Crippen molar-refractivity contribution in [3.05, 3.63) is 63.8 Å². The van der Waals surface area contributed by atoms with Crippen molar-refractivity contribution in [3.63, 3.8) is 0 Å². The van der Waals surface area contributed by atoms with Gasteiger partial charge >= 0.3 is 0 Å². The number of unbranched alkanes of at least 4 members (excludes halogenated alkanes) is 2. The Balaban J connectivity index is 1.63. The van der Waals surface area contributed by atoms with Crippen LogP contribution in [0.15, 0.2) is 51.7 Å². The molecule has 0 bridgehead atoms. The number of H-pyrrole nitrogens is 1. The minimum absolute atomic E-state index is 0.0244. The highest BCUT2D eigenvalue weighted by Gasteiger charge is 2.21. The maximum atomic E-state index is 13.2. The van der Waals surface area contributed by atoms with Crippen molar-refractivity contribution in [2.45, 2.75) is 19.3 Å². The molecule has 0 radical (unpaired) electrons. The van der Waals surface area contributed by atoms with E-state index in [4.69, 9.17) is 26.5 Å². The zero-order valence-electron chi connectivity index (χ0n) is 17.0. The van der Waals surface area contributed by atoms with Crippen LogP contribution in [0.25, 0.3) is 22.6 Å². The number of alkyl halides is 1. The summed E-state index contributed by atoms with van der Waals surface area (Å²) in [5, 5.41) is 13.6. The number of carbonyl (C=O) groups excluding carboxylic acids is 1. The number of carbonyl (C=O) groups is 1. The Kier molecular flexibility index (Phi) is 6.46. The number of para-hydroxylation sites is 1. The highest BCUT2D eigenvalue weighted by atomic mass is 35.5. The molecule has 0 spiro atoms. The molecular weight excluding hydrogens is 434 g/mol. The van der Waals surface area contributed by atoms with Gasteiger partial charge in [-0.3, -0.25) is 9.59 Å². The number of nitrogens with zero attached hydrogens (tertiary/aromatic N) is 3. The molecule has 2 aromatic carbocycles. The second kappa shape index (κ2) is 9.61. The fourth-order valence-electron chi connectivity index (χ4n) is 3.26. The van der Waals surface area contributed by atoms with Crippen molar-refractivity contribution in [2.24, 2.45) is 0 Å². The molecule has 4 aromatic rings. The SMILES string of the molecule is Nc1c(-c2nn[nH]n2)oc2c(C(=O)c3ccc(OCCCCCCl)cc3)cccc2c1=O. The number of hydrogen-bond donors (Lipinski definition) is 2. The number of nitrogen functional groups attached to an aromatic ring is 1. The molecule has 0 saturated heterocycles. The number of benzene rings is 2. The van der Waals surface area contributed by atoms with E-state index in [0.29, 0.717) is 23.8 Å².